The van der Waals surface area contributed by atoms with Crippen LogP contribution in [-0.2, 0) is 11.3 Å². The molecule has 0 atom stereocenters. The predicted octanol–water partition coefficient (Wildman–Crippen LogP) is 6.38. The van der Waals surface area contributed by atoms with Gasteiger partial charge >= 0.3 is 6.18 Å². The second-order valence-corrected chi connectivity index (χ2v) is 12.0. The van der Waals surface area contributed by atoms with Crippen LogP contribution in [0.1, 0.15) is 31.4 Å². The third kappa shape index (κ3) is 6.11. The summed E-state index contributed by atoms with van der Waals surface area (Å²) < 4.78 is 52.8. The first-order valence-electron chi connectivity index (χ1n) is 14.1. The van der Waals surface area contributed by atoms with Crippen LogP contribution in [0.3, 0.4) is 0 Å². The predicted molar refractivity (Wildman–Crippen MR) is 156 cm³/mol. The summed E-state index contributed by atoms with van der Waals surface area (Å²) in [6.07, 6.45) is -0.0443. The smallest absolute Gasteiger partial charge is 0.406 e. The number of likely N-dealkylation sites (tertiary alicyclic amines) is 1. The fourth-order valence-corrected chi connectivity index (χ4v) is 6.56. The molecule has 2 aromatic carbocycles. The molecule has 10 heteroatoms. The number of nitrogens with zero attached hydrogens (tertiary/aromatic N) is 2. The van der Waals surface area contributed by atoms with Gasteiger partial charge in [-0.3, -0.25) is 4.90 Å². The van der Waals surface area contributed by atoms with E-state index in [-0.39, 0.29) is 12.6 Å². The third-order valence-electron chi connectivity index (χ3n) is 8.50. The summed E-state index contributed by atoms with van der Waals surface area (Å²) in [6, 6.07) is 13.4. The standard InChI is InChI=1S/C31H34ClF3N4O2/c1-40-29-14-21(32)7-12-27(29)36-13-3-4-24-15-25-26(5-2-6-28(25)39(24)18-31(33,34)35)37-22-8-10-23(11-9-22)38-16-30(17-38)19-41-20-30/h2,5-7,12,14-15,22-23,36-37H,8-11,13,16-20H2,1H3/t22-,23-. The van der Waals surface area contributed by atoms with Crippen molar-refractivity contribution in [2.45, 2.75) is 50.5 Å². The Balaban J connectivity index is 1.16. The summed E-state index contributed by atoms with van der Waals surface area (Å²) in [7, 11) is 1.54. The maximum atomic E-state index is 13.6. The van der Waals surface area contributed by atoms with Crippen LogP contribution in [-0.4, -0.2) is 67.7 Å². The van der Waals surface area contributed by atoms with Gasteiger partial charge in [0.2, 0.25) is 0 Å². The zero-order valence-corrected chi connectivity index (χ0v) is 23.7. The van der Waals surface area contributed by atoms with E-state index in [1.807, 2.05) is 12.1 Å². The van der Waals surface area contributed by atoms with E-state index in [1.165, 1.54) is 4.57 Å². The van der Waals surface area contributed by atoms with E-state index in [1.54, 1.807) is 37.4 Å². The molecule has 1 aromatic heterocycles. The number of methoxy groups -OCH3 is 1. The van der Waals surface area contributed by atoms with Crippen LogP contribution in [0.4, 0.5) is 24.5 Å². The molecule has 0 unspecified atom stereocenters. The Kier molecular flexibility index (Phi) is 7.75. The summed E-state index contributed by atoms with van der Waals surface area (Å²) in [5.41, 5.74) is 2.83. The van der Waals surface area contributed by atoms with E-state index >= 15 is 0 Å². The minimum Gasteiger partial charge on any atom is -0.495 e. The molecule has 0 radical (unpaired) electrons. The van der Waals surface area contributed by atoms with Crippen molar-refractivity contribution in [3.8, 4) is 17.6 Å². The number of hydrogen-bond donors (Lipinski definition) is 2. The number of alkyl halides is 3. The van der Waals surface area contributed by atoms with Crippen LogP contribution in [0.2, 0.25) is 5.02 Å². The van der Waals surface area contributed by atoms with Crippen LogP contribution >= 0.6 is 11.6 Å². The summed E-state index contributed by atoms with van der Waals surface area (Å²) in [4.78, 5) is 2.60. The van der Waals surface area contributed by atoms with E-state index in [9.17, 15) is 13.2 Å². The van der Waals surface area contributed by atoms with E-state index in [4.69, 9.17) is 21.1 Å². The minimum atomic E-state index is -4.37. The van der Waals surface area contributed by atoms with Gasteiger partial charge in [0.15, 0.2) is 0 Å². The molecule has 0 bridgehead atoms. The lowest BCUT2D eigenvalue weighted by atomic mass is 9.75. The molecule has 2 N–H and O–H groups in total. The van der Waals surface area contributed by atoms with Crippen molar-refractivity contribution in [2.75, 3.05) is 50.6 Å². The largest absolute Gasteiger partial charge is 0.495 e. The number of aromatic nitrogens is 1. The molecule has 3 fully saturated rings. The fraction of sp³-hybridized carbons (Fsp3) is 0.484. The van der Waals surface area contributed by atoms with Crippen LogP contribution in [0, 0.1) is 17.3 Å². The molecule has 3 aromatic rings. The molecular weight excluding hydrogens is 553 g/mol. The van der Waals surface area contributed by atoms with Crippen LogP contribution in [0.5, 0.6) is 5.75 Å². The first-order chi connectivity index (χ1) is 19.7. The average molecular weight is 587 g/mol. The van der Waals surface area contributed by atoms with Gasteiger partial charge in [-0.15, -0.1) is 0 Å². The van der Waals surface area contributed by atoms with E-state index < -0.39 is 12.7 Å². The molecule has 6 nitrogen and oxygen atoms in total. The second kappa shape index (κ2) is 11.3. The van der Waals surface area contributed by atoms with E-state index in [0.29, 0.717) is 39.1 Å². The van der Waals surface area contributed by atoms with Crippen LogP contribution in [0.15, 0.2) is 42.5 Å². The first kappa shape index (κ1) is 28.1. The lowest BCUT2D eigenvalue weighted by molar-refractivity contribution is -0.200. The van der Waals surface area contributed by atoms with Gasteiger partial charge in [-0.25, -0.2) is 0 Å². The lowest BCUT2D eigenvalue weighted by Gasteiger charge is -2.58. The van der Waals surface area contributed by atoms with Crippen molar-refractivity contribution < 1.29 is 22.6 Å². The molecule has 1 aliphatic carbocycles. The third-order valence-corrected chi connectivity index (χ3v) is 8.73. The quantitative estimate of drug-likeness (QED) is 0.315. The molecule has 2 aliphatic heterocycles. The highest BCUT2D eigenvalue weighted by Gasteiger charge is 2.50. The molecule has 1 spiro atoms. The van der Waals surface area contributed by atoms with Crippen molar-refractivity contribution >= 4 is 33.9 Å². The Bertz CT molecular complexity index is 1460. The highest BCUT2D eigenvalue weighted by Crippen LogP contribution is 2.41. The summed E-state index contributed by atoms with van der Waals surface area (Å²) in [5.74, 6) is 6.50. The number of anilines is 2. The number of halogens is 4. The monoisotopic (exact) mass is 586 g/mol. The molecule has 1 saturated carbocycles. The van der Waals surface area contributed by atoms with E-state index in [2.05, 4.69) is 27.4 Å². The number of hydrogen-bond acceptors (Lipinski definition) is 5. The summed E-state index contributed by atoms with van der Waals surface area (Å²) >= 11 is 6.02. The summed E-state index contributed by atoms with van der Waals surface area (Å²) in [5, 5.41) is 8.10. The number of rotatable bonds is 7. The zero-order valence-electron chi connectivity index (χ0n) is 23.0. The van der Waals surface area contributed by atoms with Gasteiger partial charge < -0.3 is 24.7 Å². The topological polar surface area (TPSA) is 50.7 Å². The Morgan fingerprint density at radius 3 is 2.54 bits per heavy atom. The van der Waals surface area contributed by atoms with Crippen molar-refractivity contribution in [1.82, 2.24) is 9.47 Å². The van der Waals surface area contributed by atoms with Gasteiger partial charge in [-0.1, -0.05) is 23.6 Å². The Morgan fingerprint density at radius 1 is 1.07 bits per heavy atom. The molecule has 41 heavy (non-hydrogen) atoms. The van der Waals surface area contributed by atoms with Crippen LogP contribution in [0.25, 0.3) is 10.9 Å². The van der Waals surface area contributed by atoms with Gasteiger partial charge in [0.05, 0.1) is 43.8 Å². The SMILES string of the molecule is COc1cc(Cl)ccc1NCC#Cc1cc2c(N[C@H]3CC[C@H](N4CC5(COC5)C4)CC3)cccc2n1CC(F)(F)F. The summed E-state index contributed by atoms with van der Waals surface area (Å²) in [6.45, 7) is 3.22. The van der Waals surface area contributed by atoms with E-state index in [0.717, 1.165) is 63.1 Å². The van der Waals surface area contributed by atoms with Crippen LogP contribution < -0.4 is 15.4 Å². The van der Waals surface area contributed by atoms with Gasteiger partial charge in [0.25, 0.3) is 0 Å². The molecule has 2 saturated heterocycles. The van der Waals surface area contributed by atoms with Gasteiger partial charge in [-0.2, -0.15) is 13.2 Å². The minimum absolute atomic E-state index is 0.227. The number of benzene rings is 2. The maximum Gasteiger partial charge on any atom is 0.406 e. The maximum absolute atomic E-state index is 13.6. The molecule has 0 amide bonds. The average Bonchev–Trinajstić information content (AvgIpc) is 3.23. The molecule has 3 heterocycles. The highest BCUT2D eigenvalue weighted by molar-refractivity contribution is 6.30. The molecule has 218 valence electrons. The van der Waals surface area contributed by atoms with Crippen molar-refractivity contribution in [3.63, 3.8) is 0 Å². The fourth-order valence-electron chi connectivity index (χ4n) is 6.40. The highest BCUT2D eigenvalue weighted by atomic mass is 35.5. The van der Waals surface area contributed by atoms with Gasteiger partial charge in [0.1, 0.15) is 12.3 Å². The number of fused-ring (bicyclic) bond motifs is 1. The normalized spacial score (nSPS) is 22.0. The van der Waals surface area contributed by atoms with Crippen molar-refractivity contribution in [1.29, 1.82) is 0 Å². The first-order valence-corrected chi connectivity index (χ1v) is 14.4. The second-order valence-electron chi connectivity index (χ2n) is 11.5. The molecular formula is C31H34ClF3N4O2. The number of ether oxygens (including phenoxy) is 2. The van der Waals surface area contributed by atoms with Crippen molar-refractivity contribution in [3.05, 3.63) is 53.2 Å². The number of nitrogens with one attached hydrogen (secondary N) is 2. The zero-order chi connectivity index (χ0) is 28.6. The van der Waals surface area contributed by atoms with Gasteiger partial charge in [0, 0.05) is 52.8 Å². The lowest BCUT2D eigenvalue weighted by Crippen LogP contribution is -2.68. The molecule has 3 aliphatic rings. The molecule has 6 rings (SSSR count). The Labute approximate surface area is 243 Å². The van der Waals surface area contributed by atoms with Gasteiger partial charge in [-0.05, 0) is 61.9 Å². The Hall–Kier alpha value is -3.06. The van der Waals surface area contributed by atoms with Crippen molar-refractivity contribution in [2.24, 2.45) is 5.41 Å². The Morgan fingerprint density at radius 2 is 1.85 bits per heavy atom.